The number of benzene rings is 2. The molecule has 0 saturated carbocycles. The van der Waals surface area contributed by atoms with E-state index >= 15 is 0 Å². The summed E-state index contributed by atoms with van der Waals surface area (Å²) in [5, 5.41) is 3.05. The molecule has 1 saturated heterocycles. The van der Waals surface area contributed by atoms with E-state index in [1.54, 1.807) is 54.6 Å². The maximum absolute atomic E-state index is 12.7. The number of anilines is 1. The zero-order valence-electron chi connectivity index (χ0n) is 17.1. The molecule has 0 atom stereocenters. The molecule has 10 heteroatoms. The number of carbonyl (C=O) groups excluding carboxylic acids is 3. The predicted molar refractivity (Wildman–Crippen MR) is 128 cm³/mol. The zero-order valence-corrected chi connectivity index (χ0v) is 19.5. The highest BCUT2D eigenvalue weighted by atomic mass is 35.5. The molecule has 3 amide bonds. The number of hydrogen-bond acceptors (Lipinski definition) is 6. The van der Waals surface area contributed by atoms with E-state index in [0.717, 1.165) is 16.7 Å². The lowest BCUT2D eigenvalue weighted by atomic mass is 10.2. The molecule has 0 spiro atoms. The zero-order chi connectivity index (χ0) is 23.5. The number of hydrogen-bond donors (Lipinski definition) is 1. The van der Waals surface area contributed by atoms with Crippen molar-refractivity contribution < 1.29 is 23.5 Å². The average molecular weight is 503 g/mol. The van der Waals surface area contributed by atoms with Crippen molar-refractivity contribution in [1.29, 1.82) is 0 Å². The summed E-state index contributed by atoms with van der Waals surface area (Å²) in [5.41, 5.74) is 1.04. The van der Waals surface area contributed by atoms with Gasteiger partial charge in [-0.1, -0.05) is 35.3 Å². The third-order valence-electron chi connectivity index (χ3n) is 4.65. The summed E-state index contributed by atoms with van der Waals surface area (Å²) in [7, 11) is 1.48. The molecule has 168 valence electrons. The Bertz CT molecular complexity index is 1290. The van der Waals surface area contributed by atoms with Gasteiger partial charge in [0.1, 0.15) is 23.8 Å². The van der Waals surface area contributed by atoms with Gasteiger partial charge >= 0.3 is 0 Å². The third-order valence-corrected chi connectivity index (χ3v) is 6.12. The fourth-order valence-corrected chi connectivity index (χ4v) is 4.31. The monoisotopic (exact) mass is 502 g/mol. The van der Waals surface area contributed by atoms with Crippen LogP contribution in [0.5, 0.6) is 5.75 Å². The summed E-state index contributed by atoms with van der Waals surface area (Å²) in [6, 6.07) is 15.2. The van der Waals surface area contributed by atoms with Crippen molar-refractivity contribution in [2.24, 2.45) is 0 Å². The van der Waals surface area contributed by atoms with Crippen molar-refractivity contribution in [1.82, 2.24) is 4.90 Å². The minimum absolute atomic E-state index is 0.142. The second-order valence-corrected chi connectivity index (χ2v) is 8.68. The van der Waals surface area contributed by atoms with Gasteiger partial charge in [0.05, 0.1) is 22.7 Å². The number of carbonyl (C=O) groups is 3. The molecule has 2 heterocycles. The molecule has 4 rings (SSSR count). The molecule has 0 bridgehead atoms. The van der Waals surface area contributed by atoms with Crippen molar-refractivity contribution in [3.63, 3.8) is 0 Å². The van der Waals surface area contributed by atoms with Crippen LogP contribution in [-0.4, -0.2) is 35.6 Å². The van der Waals surface area contributed by atoms with Crippen molar-refractivity contribution in [2.75, 3.05) is 19.0 Å². The molecule has 0 aliphatic carbocycles. The molecule has 1 aliphatic rings. The maximum Gasteiger partial charge on any atom is 0.294 e. The quantitative estimate of drug-likeness (QED) is 0.419. The lowest BCUT2D eigenvalue weighted by Gasteiger charge is -2.14. The Morgan fingerprint density at radius 1 is 1.15 bits per heavy atom. The van der Waals surface area contributed by atoms with Gasteiger partial charge in [-0.05, 0) is 54.2 Å². The van der Waals surface area contributed by atoms with Crippen LogP contribution in [0.2, 0.25) is 10.0 Å². The van der Waals surface area contributed by atoms with Crippen LogP contribution in [0, 0.1) is 0 Å². The second kappa shape index (κ2) is 9.74. The van der Waals surface area contributed by atoms with Gasteiger partial charge in [-0.3, -0.25) is 19.3 Å². The molecule has 0 unspecified atom stereocenters. The van der Waals surface area contributed by atoms with Gasteiger partial charge < -0.3 is 14.5 Å². The van der Waals surface area contributed by atoms with Crippen LogP contribution >= 0.6 is 35.0 Å². The molecule has 7 nitrogen and oxygen atoms in total. The van der Waals surface area contributed by atoms with Crippen LogP contribution in [0.1, 0.15) is 5.76 Å². The average Bonchev–Trinajstić information content (AvgIpc) is 3.36. The highest BCUT2D eigenvalue weighted by molar-refractivity contribution is 8.18. The molecule has 3 aromatic rings. The Morgan fingerprint density at radius 2 is 1.94 bits per heavy atom. The van der Waals surface area contributed by atoms with Crippen LogP contribution in [0.15, 0.2) is 63.9 Å². The predicted octanol–water partition coefficient (Wildman–Crippen LogP) is 5.94. The van der Waals surface area contributed by atoms with E-state index in [1.165, 1.54) is 13.2 Å². The van der Waals surface area contributed by atoms with E-state index in [9.17, 15) is 14.4 Å². The first-order valence-corrected chi connectivity index (χ1v) is 11.2. The number of nitrogens with zero attached hydrogens (tertiary/aromatic N) is 1. The lowest BCUT2D eigenvalue weighted by Crippen LogP contribution is -2.36. The molecule has 1 aromatic heterocycles. The van der Waals surface area contributed by atoms with Crippen LogP contribution in [0.3, 0.4) is 0 Å². The van der Waals surface area contributed by atoms with Gasteiger partial charge in [-0.2, -0.15) is 0 Å². The van der Waals surface area contributed by atoms with E-state index in [4.69, 9.17) is 32.4 Å². The summed E-state index contributed by atoms with van der Waals surface area (Å²) < 4.78 is 11.0. The van der Waals surface area contributed by atoms with Crippen LogP contribution in [0.4, 0.5) is 10.5 Å². The number of halogens is 2. The number of rotatable bonds is 6. The van der Waals surface area contributed by atoms with E-state index in [-0.39, 0.29) is 4.91 Å². The van der Waals surface area contributed by atoms with Crippen molar-refractivity contribution in [3.8, 4) is 17.1 Å². The van der Waals surface area contributed by atoms with Gasteiger partial charge in [0, 0.05) is 16.7 Å². The van der Waals surface area contributed by atoms with E-state index < -0.39 is 23.6 Å². The Balaban J connectivity index is 1.47. The van der Waals surface area contributed by atoms with Crippen LogP contribution < -0.4 is 10.1 Å². The second-order valence-electron chi connectivity index (χ2n) is 6.84. The first-order valence-electron chi connectivity index (χ1n) is 9.59. The normalized spacial score (nSPS) is 14.8. The lowest BCUT2D eigenvalue weighted by molar-refractivity contribution is -0.127. The Hall–Kier alpha value is -3.20. The van der Waals surface area contributed by atoms with E-state index in [1.807, 2.05) is 0 Å². The van der Waals surface area contributed by atoms with Crippen LogP contribution in [0.25, 0.3) is 17.4 Å². The Labute approximate surface area is 203 Å². The number of amides is 3. The van der Waals surface area contributed by atoms with E-state index in [0.29, 0.717) is 38.6 Å². The van der Waals surface area contributed by atoms with Gasteiger partial charge in [0.2, 0.25) is 5.91 Å². The summed E-state index contributed by atoms with van der Waals surface area (Å²) >= 11 is 13.0. The molecule has 1 fully saturated rings. The topological polar surface area (TPSA) is 88.8 Å². The molecule has 1 aliphatic heterocycles. The number of ether oxygens (including phenoxy) is 1. The van der Waals surface area contributed by atoms with Crippen molar-refractivity contribution >= 4 is 63.8 Å². The van der Waals surface area contributed by atoms with Gasteiger partial charge in [0.15, 0.2) is 0 Å². The molecule has 0 radical (unpaired) electrons. The highest BCUT2D eigenvalue weighted by Gasteiger charge is 2.36. The molecular weight excluding hydrogens is 487 g/mol. The summed E-state index contributed by atoms with van der Waals surface area (Å²) in [4.78, 5) is 38.5. The first kappa shape index (κ1) is 23.0. The van der Waals surface area contributed by atoms with E-state index in [2.05, 4.69) is 5.32 Å². The standard InChI is InChI=1S/C23H16Cl2N2O5S/c1-31-19-5-3-2-4-17(19)26-21(28)12-27-22(29)20(33-23(27)30)11-14-7-9-18(32-14)15-10-13(24)6-8-16(15)25/h2-11H,12H2,1H3,(H,26,28)/b20-11+. The third kappa shape index (κ3) is 5.08. The van der Waals surface area contributed by atoms with Crippen molar-refractivity contribution in [2.45, 2.75) is 0 Å². The molecular formula is C23H16Cl2N2O5S. The van der Waals surface area contributed by atoms with Crippen LogP contribution in [-0.2, 0) is 9.59 Å². The minimum Gasteiger partial charge on any atom is -0.495 e. The van der Waals surface area contributed by atoms with Gasteiger partial charge in [0.25, 0.3) is 11.1 Å². The largest absolute Gasteiger partial charge is 0.495 e. The van der Waals surface area contributed by atoms with Gasteiger partial charge in [-0.25, -0.2) is 0 Å². The minimum atomic E-state index is -0.584. The number of imide groups is 1. The smallest absolute Gasteiger partial charge is 0.294 e. The highest BCUT2D eigenvalue weighted by Crippen LogP contribution is 2.35. The first-order chi connectivity index (χ1) is 15.9. The number of para-hydroxylation sites is 2. The number of furan rings is 1. The van der Waals surface area contributed by atoms with Crippen molar-refractivity contribution in [3.05, 3.63) is 75.3 Å². The summed E-state index contributed by atoms with van der Waals surface area (Å²) in [6.07, 6.45) is 1.45. The summed E-state index contributed by atoms with van der Waals surface area (Å²) in [5.74, 6) is 0.167. The number of thioether (sulfide) groups is 1. The molecule has 1 N–H and O–H groups in total. The fraction of sp³-hybridized carbons (Fsp3) is 0.0870. The Morgan fingerprint density at radius 3 is 2.73 bits per heavy atom. The maximum atomic E-state index is 12.7. The molecule has 2 aromatic carbocycles. The Kier molecular flexibility index (Phi) is 6.78. The number of nitrogens with one attached hydrogen (secondary N) is 1. The summed E-state index contributed by atoms with van der Waals surface area (Å²) in [6.45, 7) is -0.429. The van der Waals surface area contributed by atoms with Gasteiger partial charge in [-0.15, -0.1) is 0 Å². The SMILES string of the molecule is COc1ccccc1NC(=O)CN1C(=O)S/C(=C/c2ccc(-c3cc(Cl)ccc3Cl)o2)C1=O. The molecule has 33 heavy (non-hydrogen) atoms. The number of methoxy groups -OCH3 is 1. The fourth-order valence-electron chi connectivity index (χ4n) is 3.11.